The van der Waals surface area contributed by atoms with E-state index in [0.29, 0.717) is 36.6 Å². The molecule has 6 heteroatoms. The minimum atomic E-state index is 0.362. The second-order valence-electron chi connectivity index (χ2n) is 5.58. The Morgan fingerprint density at radius 1 is 1.24 bits per heavy atom. The third-order valence-electron chi connectivity index (χ3n) is 4.19. The van der Waals surface area contributed by atoms with E-state index in [1.165, 1.54) is 6.42 Å². The standard InChI is InChI=1S/C15H16BrN3O2/c16-11-4-2-1-3-10(11)15-19-18-14(21-15)8-17-12-7-9-5-6-13(12)20-9/h1-4,9,12-13,17H,5-8H2. The number of benzene rings is 1. The average Bonchev–Trinajstić information content (AvgIpc) is 3.22. The van der Waals surface area contributed by atoms with Crippen LogP contribution in [0.4, 0.5) is 0 Å². The van der Waals surface area contributed by atoms with Crippen molar-refractivity contribution in [3.05, 3.63) is 34.6 Å². The third kappa shape index (κ3) is 2.63. The molecule has 110 valence electrons. The first-order chi connectivity index (χ1) is 10.3. The van der Waals surface area contributed by atoms with E-state index in [1.54, 1.807) is 0 Å². The van der Waals surface area contributed by atoms with Gasteiger partial charge >= 0.3 is 0 Å². The molecule has 3 atom stereocenters. The van der Waals surface area contributed by atoms with Crippen molar-refractivity contribution < 1.29 is 9.15 Å². The largest absolute Gasteiger partial charge is 0.419 e. The van der Waals surface area contributed by atoms with Crippen LogP contribution in [0.25, 0.3) is 11.5 Å². The molecule has 2 aliphatic heterocycles. The summed E-state index contributed by atoms with van der Waals surface area (Å²) < 4.78 is 12.5. The summed E-state index contributed by atoms with van der Waals surface area (Å²) in [5, 5.41) is 11.7. The van der Waals surface area contributed by atoms with E-state index in [0.717, 1.165) is 22.9 Å². The van der Waals surface area contributed by atoms with Gasteiger partial charge in [-0.1, -0.05) is 12.1 Å². The molecular formula is C15H16BrN3O2. The lowest BCUT2D eigenvalue weighted by atomic mass is 9.95. The fraction of sp³-hybridized carbons (Fsp3) is 0.467. The Bertz CT molecular complexity index is 645. The van der Waals surface area contributed by atoms with Gasteiger partial charge in [0.25, 0.3) is 0 Å². The van der Waals surface area contributed by atoms with Crippen LogP contribution < -0.4 is 5.32 Å². The van der Waals surface area contributed by atoms with Gasteiger partial charge in [0.05, 0.1) is 24.3 Å². The van der Waals surface area contributed by atoms with Crippen LogP contribution in [0.2, 0.25) is 0 Å². The van der Waals surface area contributed by atoms with E-state index < -0.39 is 0 Å². The van der Waals surface area contributed by atoms with Crippen molar-refractivity contribution >= 4 is 15.9 Å². The van der Waals surface area contributed by atoms with Gasteiger partial charge in [-0.3, -0.25) is 0 Å². The first-order valence-corrected chi connectivity index (χ1v) is 8.05. The monoisotopic (exact) mass is 349 g/mol. The van der Waals surface area contributed by atoms with Gasteiger partial charge in [0.15, 0.2) is 0 Å². The Kier molecular flexibility index (Phi) is 3.52. The Hall–Kier alpha value is -1.24. The number of hydrogen-bond acceptors (Lipinski definition) is 5. The molecule has 21 heavy (non-hydrogen) atoms. The molecule has 0 aliphatic carbocycles. The van der Waals surface area contributed by atoms with Crippen molar-refractivity contribution in [1.82, 2.24) is 15.5 Å². The van der Waals surface area contributed by atoms with Crippen LogP contribution in [0.5, 0.6) is 0 Å². The number of rotatable bonds is 4. The summed E-state index contributed by atoms with van der Waals surface area (Å²) >= 11 is 3.50. The summed E-state index contributed by atoms with van der Waals surface area (Å²) in [5.41, 5.74) is 0.916. The van der Waals surface area contributed by atoms with Crippen LogP contribution in [0.3, 0.4) is 0 Å². The fourth-order valence-corrected chi connectivity index (χ4v) is 3.59. The molecular weight excluding hydrogens is 334 g/mol. The average molecular weight is 350 g/mol. The van der Waals surface area contributed by atoms with Gasteiger partial charge in [0.1, 0.15) is 0 Å². The molecule has 3 unspecified atom stereocenters. The van der Waals surface area contributed by atoms with Gasteiger partial charge in [-0.25, -0.2) is 0 Å². The Morgan fingerprint density at radius 3 is 2.90 bits per heavy atom. The third-order valence-corrected chi connectivity index (χ3v) is 4.88. The molecule has 2 saturated heterocycles. The molecule has 3 heterocycles. The normalized spacial score (nSPS) is 27.4. The quantitative estimate of drug-likeness (QED) is 0.919. The van der Waals surface area contributed by atoms with Gasteiger partial charge in [-0.05, 0) is 47.3 Å². The predicted molar refractivity (Wildman–Crippen MR) is 80.6 cm³/mol. The highest BCUT2D eigenvalue weighted by molar-refractivity contribution is 9.10. The highest BCUT2D eigenvalue weighted by Gasteiger charge is 2.40. The number of ether oxygens (including phenoxy) is 1. The molecule has 2 aromatic rings. The summed E-state index contributed by atoms with van der Waals surface area (Å²) in [6.45, 7) is 0.592. The molecule has 2 bridgehead atoms. The summed E-state index contributed by atoms with van der Waals surface area (Å²) in [6.07, 6.45) is 4.27. The molecule has 2 fully saturated rings. The zero-order chi connectivity index (χ0) is 14.2. The van der Waals surface area contributed by atoms with Crippen LogP contribution in [0, 0.1) is 0 Å². The maximum absolute atomic E-state index is 5.83. The number of fused-ring (bicyclic) bond motifs is 2. The van der Waals surface area contributed by atoms with E-state index in [1.807, 2.05) is 24.3 Å². The SMILES string of the molecule is Brc1ccccc1-c1nnc(CNC2CC3CCC2O3)o1. The number of nitrogens with zero attached hydrogens (tertiary/aromatic N) is 2. The molecule has 0 amide bonds. The summed E-state index contributed by atoms with van der Waals surface area (Å²) in [6, 6.07) is 8.25. The first-order valence-electron chi connectivity index (χ1n) is 7.26. The van der Waals surface area contributed by atoms with E-state index in [2.05, 4.69) is 31.4 Å². The Balaban J connectivity index is 1.42. The second-order valence-corrected chi connectivity index (χ2v) is 6.43. The van der Waals surface area contributed by atoms with Gasteiger partial charge < -0.3 is 14.5 Å². The maximum atomic E-state index is 5.83. The van der Waals surface area contributed by atoms with Crippen molar-refractivity contribution in [2.75, 3.05) is 0 Å². The van der Waals surface area contributed by atoms with E-state index in [-0.39, 0.29) is 0 Å². The van der Waals surface area contributed by atoms with Crippen molar-refractivity contribution in [2.24, 2.45) is 0 Å². The van der Waals surface area contributed by atoms with E-state index in [9.17, 15) is 0 Å². The number of nitrogens with one attached hydrogen (secondary N) is 1. The zero-order valence-corrected chi connectivity index (χ0v) is 13.0. The minimum absolute atomic E-state index is 0.362. The number of hydrogen-bond donors (Lipinski definition) is 1. The lowest BCUT2D eigenvalue weighted by Gasteiger charge is -2.18. The summed E-state index contributed by atoms with van der Waals surface area (Å²) in [5.74, 6) is 1.16. The fourth-order valence-electron chi connectivity index (χ4n) is 3.14. The van der Waals surface area contributed by atoms with Crippen molar-refractivity contribution in [3.8, 4) is 11.5 Å². The summed E-state index contributed by atoms with van der Waals surface area (Å²) in [4.78, 5) is 0. The highest BCUT2D eigenvalue weighted by Crippen LogP contribution is 2.34. The molecule has 2 aliphatic rings. The highest BCUT2D eigenvalue weighted by atomic mass is 79.9. The molecule has 1 N–H and O–H groups in total. The number of halogens is 1. The number of aromatic nitrogens is 2. The first kappa shape index (κ1) is 13.4. The lowest BCUT2D eigenvalue weighted by Crippen LogP contribution is -2.37. The molecule has 5 nitrogen and oxygen atoms in total. The van der Waals surface area contributed by atoms with E-state index in [4.69, 9.17) is 9.15 Å². The lowest BCUT2D eigenvalue weighted by molar-refractivity contribution is 0.0970. The van der Waals surface area contributed by atoms with Crippen LogP contribution in [-0.2, 0) is 11.3 Å². The maximum Gasteiger partial charge on any atom is 0.248 e. The van der Waals surface area contributed by atoms with Gasteiger partial charge in [-0.15, -0.1) is 10.2 Å². The van der Waals surface area contributed by atoms with Crippen molar-refractivity contribution in [2.45, 2.75) is 44.1 Å². The molecule has 0 radical (unpaired) electrons. The predicted octanol–water partition coefficient (Wildman–Crippen LogP) is 2.91. The topological polar surface area (TPSA) is 60.2 Å². The van der Waals surface area contributed by atoms with E-state index >= 15 is 0 Å². The zero-order valence-electron chi connectivity index (χ0n) is 11.5. The smallest absolute Gasteiger partial charge is 0.248 e. The van der Waals surface area contributed by atoms with Crippen LogP contribution in [0.15, 0.2) is 33.2 Å². The van der Waals surface area contributed by atoms with Crippen molar-refractivity contribution in [3.63, 3.8) is 0 Å². The van der Waals surface area contributed by atoms with Gasteiger partial charge in [0.2, 0.25) is 11.8 Å². The Morgan fingerprint density at radius 2 is 2.14 bits per heavy atom. The molecule has 1 aromatic carbocycles. The minimum Gasteiger partial charge on any atom is -0.419 e. The van der Waals surface area contributed by atoms with Gasteiger partial charge in [0, 0.05) is 10.5 Å². The molecule has 0 saturated carbocycles. The molecule has 0 spiro atoms. The molecule has 4 rings (SSSR count). The van der Waals surface area contributed by atoms with Crippen molar-refractivity contribution in [1.29, 1.82) is 0 Å². The van der Waals surface area contributed by atoms with Crippen LogP contribution >= 0.6 is 15.9 Å². The van der Waals surface area contributed by atoms with Crippen LogP contribution in [0.1, 0.15) is 25.2 Å². The van der Waals surface area contributed by atoms with Crippen LogP contribution in [-0.4, -0.2) is 28.4 Å². The summed E-state index contributed by atoms with van der Waals surface area (Å²) in [7, 11) is 0. The second kappa shape index (κ2) is 5.51. The molecule has 1 aromatic heterocycles. The van der Waals surface area contributed by atoms with Gasteiger partial charge in [-0.2, -0.15) is 0 Å². The Labute approximate surface area is 131 Å².